The molecule has 1 unspecified atom stereocenters. The molecule has 1 fully saturated rings. The van der Waals surface area contributed by atoms with Gasteiger partial charge in [0.05, 0.1) is 12.4 Å². The molecule has 0 amide bonds. The van der Waals surface area contributed by atoms with Crippen molar-refractivity contribution in [2.24, 2.45) is 0 Å². The molecule has 1 aromatic heterocycles. The van der Waals surface area contributed by atoms with Gasteiger partial charge in [0.15, 0.2) is 0 Å². The minimum absolute atomic E-state index is 0.420. The highest BCUT2D eigenvalue weighted by Crippen LogP contribution is 2.20. The van der Waals surface area contributed by atoms with E-state index in [-0.39, 0.29) is 0 Å². The van der Waals surface area contributed by atoms with Crippen LogP contribution in [0.4, 0.5) is 0 Å². The number of aromatic nitrogens is 1. The van der Waals surface area contributed by atoms with Gasteiger partial charge in [-0.15, -0.1) is 0 Å². The Kier molecular flexibility index (Phi) is 9.00. The van der Waals surface area contributed by atoms with Crippen molar-refractivity contribution in [2.45, 2.75) is 39.3 Å². The summed E-state index contributed by atoms with van der Waals surface area (Å²) in [6.45, 7) is 19.3. The van der Waals surface area contributed by atoms with Gasteiger partial charge in [0, 0.05) is 53.0 Å². The SMILES string of the molecule is C=C(C)NCC.C=CN1CCCC(NC(=C)NCc2cc3cc(Cl)ccc3[nH]2)C1. The number of fused-ring (bicyclic) bond motifs is 1. The minimum Gasteiger partial charge on any atom is -0.389 e. The van der Waals surface area contributed by atoms with Gasteiger partial charge >= 0.3 is 0 Å². The summed E-state index contributed by atoms with van der Waals surface area (Å²) in [7, 11) is 0. The lowest BCUT2D eigenvalue weighted by atomic mass is 10.1. The van der Waals surface area contributed by atoms with Crippen LogP contribution in [0.1, 0.15) is 32.4 Å². The van der Waals surface area contributed by atoms with E-state index in [1.807, 2.05) is 31.3 Å². The maximum atomic E-state index is 6.02. The van der Waals surface area contributed by atoms with Crippen molar-refractivity contribution >= 4 is 22.5 Å². The second kappa shape index (κ2) is 11.5. The van der Waals surface area contributed by atoms with Crippen molar-refractivity contribution in [2.75, 3.05) is 19.6 Å². The molecule has 0 spiro atoms. The molecule has 29 heavy (non-hydrogen) atoms. The lowest BCUT2D eigenvalue weighted by Gasteiger charge is -2.33. The van der Waals surface area contributed by atoms with E-state index in [1.54, 1.807) is 0 Å². The number of allylic oxidation sites excluding steroid dienone is 1. The van der Waals surface area contributed by atoms with Gasteiger partial charge in [-0.3, -0.25) is 0 Å². The van der Waals surface area contributed by atoms with Crippen molar-refractivity contribution in [1.29, 1.82) is 0 Å². The number of rotatable bonds is 8. The number of aromatic amines is 1. The number of piperidine rings is 1. The highest BCUT2D eigenvalue weighted by molar-refractivity contribution is 6.31. The summed E-state index contributed by atoms with van der Waals surface area (Å²) < 4.78 is 0. The Morgan fingerprint density at radius 3 is 2.76 bits per heavy atom. The van der Waals surface area contributed by atoms with E-state index >= 15 is 0 Å². The van der Waals surface area contributed by atoms with E-state index in [1.165, 1.54) is 6.42 Å². The average Bonchev–Trinajstić information content (AvgIpc) is 3.09. The summed E-state index contributed by atoms with van der Waals surface area (Å²) >= 11 is 6.02. The zero-order valence-corrected chi connectivity index (χ0v) is 18.4. The molecule has 1 atom stereocenters. The van der Waals surface area contributed by atoms with Crippen LogP contribution >= 0.6 is 11.6 Å². The number of halogens is 1. The van der Waals surface area contributed by atoms with E-state index in [4.69, 9.17) is 11.6 Å². The van der Waals surface area contributed by atoms with Gasteiger partial charge in [-0.25, -0.2) is 0 Å². The molecule has 4 N–H and O–H groups in total. The van der Waals surface area contributed by atoms with Gasteiger partial charge in [-0.1, -0.05) is 31.3 Å². The Hall–Kier alpha value is -2.53. The molecule has 158 valence electrons. The van der Waals surface area contributed by atoms with E-state index in [0.29, 0.717) is 12.6 Å². The predicted molar refractivity (Wildman–Crippen MR) is 126 cm³/mol. The summed E-state index contributed by atoms with van der Waals surface area (Å²) in [4.78, 5) is 5.63. The molecule has 1 aromatic carbocycles. The van der Waals surface area contributed by atoms with Gasteiger partial charge in [0.2, 0.25) is 0 Å². The number of hydrogen-bond donors (Lipinski definition) is 4. The molecular weight excluding hydrogens is 382 g/mol. The molecule has 0 bridgehead atoms. The third-order valence-electron chi connectivity index (χ3n) is 4.70. The van der Waals surface area contributed by atoms with Crippen molar-refractivity contribution in [3.05, 3.63) is 72.4 Å². The first-order valence-electron chi connectivity index (χ1n) is 10.1. The van der Waals surface area contributed by atoms with Crippen molar-refractivity contribution < 1.29 is 0 Å². The number of H-pyrrole nitrogens is 1. The Bertz CT molecular complexity index is 826. The van der Waals surface area contributed by atoms with Crippen LogP contribution < -0.4 is 16.0 Å². The average molecular weight is 416 g/mol. The third-order valence-corrected chi connectivity index (χ3v) is 4.93. The fourth-order valence-corrected chi connectivity index (χ4v) is 3.53. The van der Waals surface area contributed by atoms with Crippen LogP contribution in [0.3, 0.4) is 0 Å². The highest BCUT2D eigenvalue weighted by atomic mass is 35.5. The fourth-order valence-electron chi connectivity index (χ4n) is 3.35. The van der Waals surface area contributed by atoms with Gasteiger partial charge in [0.1, 0.15) is 0 Å². The van der Waals surface area contributed by atoms with Crippen LogP contribution in [0.2, 0.25) is 5.02 Å². The first kappa shape index (κ1) is 22.8. The number of likely N-dealkylation sites (tertiary alicyclic amines) is 1. The van der Waals surface area contributed by atoms with E-state index in [2.05, 4.69) is 58.6 Å². The first-order valence-corrected chi connectivity index (χ1v) is 10.5. The lowest BCUT2D eigenvalue weighted by Crippen LogP contribution is -2.44. The Morgan fingerprint density at radius 2 is 2.10 bits per heavy atom. The molecule has 0 radical (unpaired) electrons. The Morgan fingerprint density at radius 1 is 1.31 bits per heavy atom. The van der Waals surface area contributed by atoms with Crippen LogP contribution in [0.25, 0.3) is 10.9 Å². The fraction of sp³-hybridized carbons (Fsp3) is 0.391. The number of hydrogen-bond acceptors (Lipinski definition) is 4. The van der Waals surface area contributed by atoms with Gasteiger partial charge < -0.3 is 25.8 Å². The molecule has 6 heteroatoms. The Labute approximate surface area is 179 Å². The normalized spacial score (nSPS) is 15.8. The monoisotopic (exact) mass is 415 g/mol. The lowest BCUT2D eigenvalue weighted by molar-refractivity contribution is 0.259. The number of nitrogens with one attached hydrogen (secondary N) is 4. The quantitative estimate of drug-likeness (QED) is 0.504. The summed E-state index contributed by atoms with van der Waals surface area (Å²) in [5, 5.41) is 11.7. The zero-order chi connectivity index (χ0) is 21.2. The maximum Gasteiger partial charge on any atom is 0.0918 e. The van der Waals surface area contributed by atoms with Crippen LogP contribution in [-0.2, 0) is 6.54 Å². The predicted octanol–water partition coefficient (Wildman–Crippen LogP) is 4.71. The molecule has 3 rings (SSSR count). The van der Waals surface area contributed by atoms with E-state index < -0.39 is 0 Å². The molecule has 2 aromatic rings. The number of nitrogens with zero attached hydrogens (tertiary/aromatic N) is 1. The molecule has 5 nitrogen and oxygen atoms in total. The minimum atomic E-state index is 0.420. The summed E-state index contributed by atoms with van der Waals surface area (Å²) in [5.74, 6) is 0.859. The largest absolute Gasteiger partial charge is 0.389 e. The molecular formula is C23H34ClN5. The van der Waals surface area contributed by atoms with Crippen molar-refractivity contribution in [1.82, 2.24) is 25.8 Å². The zero-order valence-electron chi connectivity index (χ0n) is 17.7. The first-order chi connectivity index (χ1) is 13.9. The molecule has 2 heterocycles. The summed E-state index contributed by atoms with van der Waals surface area (Å²) in [5.41, 5.74) is 3.25. The molecule has 1 aliphatic heterocycles. The number of benzene rings is 1. The summed E-state index contributed by atoms with van der Waals surface area (Å²) in [6.07, 6.45) is 4.26. The molecule has 0 saturated carbocycles. The smallest absolute Gasteiger partial charge is 0.0918 e. The van der Waals surface area contributed by atoms with Crippen LogP contribution in [0.15, 0.2) is 61.7 Å². The molecule has 0 aliphatic carbocycles. The van der Waals surface area contributed by atoms with E-state index in [0.717, 1.165) is 59.2 Å². The third kappa shape index (κ3) is 7.78. The van der Waals surface area contributed by atoms with Gasteiger partial charge in [-0.2, -0.15) is 0 Å². The standard InChI is InChI=1S/C18H23ClN4.C5H11N/c1-3-23-8-4-5-16(12-23)21-13(2)20-11-17-10-14-9-15(19)6-7-18(14)22-17;1-4-6-5(2)3/h3,6-7,9-10,16,20-22H,1-2,4-5,8,11-12H2;6H,2,4H2,1,3H3. The summed E-state index contributed by atoms with van der Waals surface area (Å²) in [6, 6.07) is 8.40. The van der Waals surface area contributed by atoms with Crippen molar-refractivity contribution in [3.8, 4) is 0 Å². The molecule has 1 aliphatic rings. The maximum absolute atomic E-state index is 6.02. The highest BCUT2D eigenvalue weighted by Gasteiger charge is 2.17. The van der Waals surface area contributed by atoms with Crippen LogP contribution in [0, 0.1) is 0 Å². The van der Waals surface area contributed by atoms with Crippen molar-refractivity contribution in [3.63, 3.8) is 0 Å². The van der Waals surface area contributed by atoms with Gasteiger partial charge in [-0.05, 0) is 57.2 Å². The van der Waals surface area contributed by atoms with Crippen LogP contribution in [0.5, 0.6) is 0 Å². The second-order valence-electron chi connectivity index (χ2n) is 7.33. The van der Waals surface area contributed by atoms with E-state index in [9.17, 15) is 0 Å². The van der Waals surface area contributed by atoms with Gasteiger partial charge in [0.25, 0.3) is 0 Å². The Balaban J connectivity index is 0.000000438. The van der Waals surface area contributed by atoms with Crippen LogP contribution in [-0.4, -0.2) is 35.6 Å². The topological polar surface area (TPSA) is 55.1 Å². The molecule has 1 saturated heterocycles. The second-order valence-corrected chi connectivity index (χ2v) is 7.77.